The number of nitrogens with zero attached hydrogens (tertiary/aromatic N) is 2. The Morgan fingerprint density at radius 2 is 2.05 bits per heavy atom. The van der Waals surface area contributed by atoms with Crippen LogP contribution in [0, 0.1) is 11.8 Å². The van der Waals surface area contributed by atoms with E-state index in [0.29, 0.717) is 11.8 Å². The van der Waals surface area contributed by atoms with Crippen LogP contribution in [0.25, 0.3) is 0 Å². The molecule has 20 heavy (non-hydrogen) atoms. The van der Waals surface area contributed by atoms with Gasteiger partial charge in [0, 0.05) is 12.1 Å². The van der Waals surface area contributed by atoms with Crippen LogP contribution in [0.3, 0.4) is 0 Å². The molecule has 0 aliphatic heterocycles. The molecule has 2 aliphatic carbocycles. The second kappa shape index (κ2) is 4.43. The number of alkyl halides is 3. The Balaban J connectivity index is 2.00. The SMILES string of the molecule is O=C(O)c1cnc(C2CC3CCC2C3)nc1C(F)(F)F. The summed E-state index contributed by atoms with van der Waals surface area (Å²) in [5.74, 6) is -0.664. The molecule has 3 unspecified atom stereocenters. The fourth-order valence-electron chi connectivity index (χ4n) is 3.51. The molecule has 2 saturated carbocycles. The van der Waals surface area contributed by atoms with Gasteiger partial charge >= 0.3 is 12.1 Å². The first-order chi connectivity index (χ1) is 9.36. The fourth-order valence-corrected chi connectivity index (χ4v) is 3.51. The van der Waals surface area contributed by atoms with Gasteiger partial charge in [-0.05, 0) is 31.1 Å². The largest absolute Gasteiger partial charge is 0.478 e. The Bertz CT molecular complexity index is 559. The Morgan fingerprint density at radius 3 is 2.55 bits per heavy atom. The summed E-state index contributed by atoms with van der Waals surface area (Å²) >= 11 is 0. The van der Waals surface area contributed by atoms with Gasteiger partial charge in [-0.2, -0.15) is 13.2 Å². The Morgan fingerprint density at radius 1 is 1.30 bits per heavy atom. The molecule has 2 fully saturated rings. The number of fused-ring (bicyclic) bond motifs is 2. The third-order valence-electron chi connectivity index (χ3n) is 4.38. The number of aromatic nitrogens is 2. The smallest absolute Gasteiger partial charge is 0.434 e. The van der Waals surface area contributed by atoms with E-state index < -0.39 is 23.4 Å². The molecule has 0 amide bonds. The van der Waals surface area contributed by atoms with E-state index in [1.54, 1.807) is 0 Å². The van der Waals surface area contributed by atoms with Crippen molar-refractivity contribution in [1.82, 2.24) is 9.97 Å². The van der Waals surface area contributed by atoms with Crippen molar-refractivity contribution in [2.24, 2.45) is 11.8 Å². The number of hydrogen-bond acceptors (Lipinski definition) is 3. The molecule has 1 aromatic heterocycles. The average Bonchev–Trinajstić information content (AvgIpc) is 2.99. The van der Waals surface area contributed by atoms with E-state index in [-0.39, 0.29) is 11.7 Å². The van der Waals surface area contributed by atoms with Crippen molar-refractivity contribution in [3.63, 3.8) is 0 Å². The number of aromatic carboxylic acids is 1. The number of halogens is 3. The van der Waals surface area contributed by atoms with Crippen LogP contribution in [-0.2, 0) is 6.18 Å². The second-order valence-corrected chi connectivity index (χ2v) is 5.57. The minimum Gasteiger partial charge on any atom is -0.478 e. The van der Waals surface area contributed by atoms with E-state index >= 15 is 0 Å². The van der Waals surface area contributed by atoms with Gasteiger partial charge in [-0.15, -0.1) is 0 Å². The van der Waals surface area contributed by atoms with Gasteiger partial charge in [0.15, 0.2) is 5.69 Å². The molecule has 3 rings (SSSR count). The van der Waals surface area contributed by atoms with Crippen molar-refractivity contribution < 1.29 is 23.1 Å². The van der Waals surface area contributed by atoms with Crippen molar-refractivity contribution in [3.8, 4) is 0 Å². The molecule has 2 bridgehead atoms. The molecule has 0 aromatic carbocycles. The van der Waals surface area contributed by atoms with Crippen LogP contribution in [0.2, 0.25) is 0 Å². The van der Waals surface area contributed by atoms with Crippen molar-refractivity contribution in [2.75, 3.05) is 0 Å². The number of carboxylic acid groups (broad SMARTS) is 1. The van der Waals surface area contributed by atoms with Gasteiger partial charge in [-0.3, -0.25) is 0 Å². The molecule has 7 heteroatoms. The minimum atomic E-state index is -4.77. The van der Waals surface area contributed by atoms with Gasteiger partial charge < -0.3 is 5.11 Å². The Hall–Kier alpha value is -1.66. The van der Waals surface area contributed by atoms with E-state index in [0.717, 1.165) is 31.9 Å². The minimum absolute atomic E-state index is 0.0577. The van der Waals surface area contributed by atoms with Crippen molar-refractivity contribution in [1.29, 1.82) is 0 Å². The zero-order chi connectivity index (χ0) is 14.5. The standard InChI is InChI=1S/C13H13F3N2O2/c14-13(15,16)10-9(12(19)20)5-17-11(18-10)8-4-6-1-2-7(8)3-6/h5-8H,1-4H2,(H,19,20). The highest BCUT2D eigenvalue weighted by Crippen LogP contribution is 2.52. The highest BCUT2D eigenvalue weighted by Gasteiger charge is 2.44. The van der Waals surface area contributed by atoms with Gasteiger partial charge in [0.2, 0.25) is 0 Å². The monoisotopic (exact) mass is 286 g/mol. The molecule has 1 heterocycles. The lowest BCUT2D eigenvalue weighted by Gasteiger charge is -2.21. The molecule has 0 saturated heterocycles. The van der Waals surface area contributed by atoms with Gasteiger partial charge in [-0.1, -0.05) is 6.42 Å². The van der Waals surface area contributed by atoms with E-state index in [1.165, 1.54) is 0 Å². The lowest BCUT2D eigenvalue weighted by molar-refractivity contribution is -0.142. The van der Waals surface area contributed by atoms with Crippen LogP contribution in [0.5, 0.6) is 0 Å². The Kier molecular flexibility index (Phi) is 2.95. The van der Waals surface area contributed by atoms with Gasteiger partial charge in [-0.25, -0.2) is 14.8 Å². The van der Waals surface area contributed by atoms with Crippen LogP contribution in [0.1, 0.15) is 53.5 Å². The van der Waals surface area contributed by atoms with Gasteiger partial charge in [0.25, 0.3) is 0 Å². The summed E-state index contributed by atoms with van der Waals surface area (Å²) in [6.07, 6.45) is -0.0197. The van der Waals surface area contributed by atoms with Gasteiger partial charge in [0.05, 0.1) is 0 Å². The van der Waals surface area contributed by atoms with Crippen molar-refractivity contribution in [3.05, 3.63) is 23.3 Å². The topological polar surface area (TPSA) is 63.1 Å². The zero-order valence-electron chi connectivity index (χ0n) is 10.5. The predicted molar refractivity (Wildman–Crippen MR) is 62.2 cm³/mol. The molecule has 1 aromatic rings. The molecule has 1 N–H and O–H groups in total. The fraction of sp³-hybridized carbons (Fsp3) is 0.615. The summed E-state index contributed by atoms with van der Waals surface area (Å²) in [5, 5.41) is 8.81. The van der Waals surface area contributed by atoms with E-state index in [2.05, 4.69) is 9.97 Å². The van der Waals surface area contributed by atoms with E-state index in [9.17, 15) is 18.0 Å². The molecule has 0 radical (unpaired) electrons. The number of carboxylic acids is 1. The lowest BCUT2D eigenvalue weighted by Crippen LogP contribution is -2.20. The summed E-state index contributed by atoms with van der Waals surface area (Å²) < 4.78 is 38.7. The molecule has 3 atom stereocenters. The van der Waals surface area contributed by atoms with Crippen LogP contribution in [0.4, 0.5) is 13.2 Å². The second-order valence-electron chi connectivity index (χ2n) is 5.57. The third kappa shape index (κ3) is 2.14. The maximum Gasteiger partial charge on any atom is 0.434 e. The van der Waals surface area contributed by atoms with Crippen molar-refractivity contribution in [2.45, 2.75) is 37.8 Å². The average molecular weight is 286 g/mol. The lowest BCUT2D eigenvalue weighted by atomic mass is 9.88. The summed E-state index contributed by atoms with van der Waals surface area (Å²) in [5.41, 5.74) is -2.22. The zero-order valence-corrected chi connectivity index (χ0v) is 10.5. The van der Waals surface area contributed by atoms with Crippen LogP contribution in [0.15, 0.2) is 6.20 Å². The molecule has 4 nitrogen and oxygen atoms in total. The van der Waals surface area contributed by atoms with Crippen LogP contribution < -0.4 is 0 Å². The predicted octanol–water partition coefficient (Wildman–Crippen LogP) is 3.10. The molecule has 2 aliphatic rings. The molecular weight excluding hydrogens is 273 g/mol. The maximum absolute atomic E-state index is 12.9. The molecular formula is C13H13F3N2O2. The maximum atomic E-state index is 12.9. The summed E-state index contributed by atoms with van der Waals surface area (Å²) in [6.45, 7) is 0. The first kappa shape index (κ1) is 13.3. The summed E-state index contributed by atoms with van der Waals surface area (Å²) in [4.78, 5) is 18.3. The Labute approximate surface area is 113 Å². The third-order valence-corrected chi connectivity index (χ3v) is 4.38. The van der Waals surface area contributed by atoms with Crippen LogP contribution >= 0.6 is 0 Å². The first-order valence-electron chi connectivity index (χ1n) is 6.53. The van der Waals surface area contributed by atoms with Gasteiger partial charge in [0.1, 0.15) is 11.4 Å². The summed E-state index contributed by atoms with van der Waals surface area (Å²) in [6, 6.07) is 0. The van der Waals surface area contributed by atoms with Crippen LogP contribution in [-0.4, -0.2) is 21.0 Å². The molecule has 0 spiro atoms. The highest BCUT2D eigenvalue weighted by molar-refractivity contribution is 5.88. The van der Waals surface area contributed by atoms with Crippen molar-refractivity contribution >= 4 is 5.97 Å². The normalized spacial score (nSPS) is 28.9. The number of carbonyl (C=O) groups is 1. The number of hydrogen-bond donors (Lipinski definition) is 1. The van der Waals surface area contributed by atoms with E-state index in [1.807, 2.05) is 0 Å². The first-order valence-corrected chi connectivity index (χ1v) is 6.53. The quantitative estimate of drug-likeness (QED) is 0.907. The highest BCUT2D eigenvalue weighted by atomic mass is 19.4. The van der Waals surface area contributed by atoms with E-state index in [4.69, 9.17) is 5.11 Å². The summed E-state index contributed by atoms with van der Waals surface area (Å²) in [7, 11) is 0. The molecule has 108 valence electrons. The number of rotatable bonds is 2.